The monoisotopic (exact) mass is 234 g/mol. The molecule has 0 aromatic heterocycles. The summed E-state index contributed by atoms with van der Waals surface area (Å²) in [7, 11) is 0. The summed E-state index contributed by atoms with van der Waals surface area (Å²) in [6.07, 6.45) is 0. The van der Waals surface area contributed by atoms with Crippen molar-refractivity contribution in [3.8, 4) is 0 Å². The highest BCUT2D eigenvalue weighted by atomic mass is 79.9. The van der Waals surface area contributed by atoms with Crippen LogP contribution in [0, 0.1) is 10.8 Å². The van der Waals surface area contributed by atoms with E-state index >= 15 is 0 Å². The first-order valence-electron chi connectivity index (χ1n) is 4.25. The van der Waals surface area contributed by atoms with E-state index in [1.165, 1.54) is 0 Å². The van der Waals surface area contributed by atoms with E-state index in [4.69, 9.17) is 0 Å². The van der Waals surface area contributed by atoms with E-state index in [-0.39, 0.29) is 21.4 Å². The van der Waals surface area contributed by atoms with Gasteiger partial charge in [0.2, 0.25) is 0 Å². The minimum atomic E-state index is -0.249. The van der Waals surface area contributed by atoms with Gasteiger partial charge in [-0.05, 0) is 5.41 Å². The predicted octanol–water partition coefficient (Wildman–Crippen LogP) is 3.41. The zero-order valence-electron chi connectivity index (χ0n) is 8.86. The highest BCUT2D eigenvalue weighted by Gasteiger charge is 2.35. The third-order valence-electron chi connectivity index (χ3n) is 1.73. The molecule has 2 heteroatoms. The van der Waals surface area contributed by atoms with Crippen LogP contribution in [-0.4, -0.2) is 10.6 Å². The molecule has 0 fully saturated rings. The van der Waals surface area contributed by atoms with Crippen molar-refractivity contribution in [1.29, 1.82) is 0 Å². The van der Waals surface area contributed by atoms with Crippen LogP contribution in [0.2, 0.25) is 0 Å². The van der Waals surface area contributed by atoms with Crippen molar-refractivity contribution in [2.75, 3.05) is 0 Å². The second kappa shape index (κ2) is 3.49. The van der Waals surface area contributed by atoms with Crippen molar-refractivity contribution < 1.29 is 4.79 Å². The maximum Gasteiger partial charge on any atom is 0.152 e. The fourth-order valence-corrected chi connectivity index (χ4v) is 1.46. The molecule has 0 saturated carbocycles. The lowest BCUT2D eigenvalue weighted by Gasteiger charge is -2.29. The molecule has 0 aromatic rings. The number of carbonyl (C=O) groups excluding carboxylic acids is 1. The summed E-state index contributed by atoms with van der Waals surface area (Å²) >= 11 is 3.45. The molecule has 0 amide bonds. The molecule has 0 rings (SSSR count). The fourth-order valence-electron chi connectivity index (χ4n) is 0.773. The van der Waals surface area contributed by atoms with Gasteiger partial charge >= 0.3 is 0 Å². The SMILES string of the molecule is CC(C)(C)C(=O)C(Br)C(C)(C)C. The van der Waals surface area contributed by atoms with E-state index < -0.39 is 0 Å². The highest BCUT2D eigenvalue weighted by molar-refractivity contribution is 9.10. The maximum absolute atomic E-state index is 11.8. The van der Waals surface area contributed by atoms with Crippen LogP contribution in [0.4, 0.5) is 0 Å². The zero-order valence-corrected chi connectivity index (χ0v) is 10.4. The number of hydrogen-bond acceptors (Lipinski definition) is 1. The van der Waals surface area contributed by atoms with Gasteiger partial charge in [-0.1, -0.05) is 57.5 Å². The summed E-state index contributed by atoms with van der Waals surface area (Å²) in [6.45, 7) is 12.1. The van der Waals surface area contributed by atoms with Crippen molar-refractivity contribution in [3.63, 3.8) is 0 Å². The van der Waals surface area contributed by atoms with Gasteiger partial charge in [0, 0.05) is 5.41 Å². The Kier molecular flexibility index (Phi) is 3.53. The number of rotatable bonds is 1. The zero-order chi connectivity index (χ0) is 10.2. The Morgan fingerprint density at radius 3 is 1.50 bits per heavy atom. The third kappa shape index (κ3) is 3.26. The van der Waals surface area contributed by atoms with Crippen LogP contribution in [0.15, 0.2) is 0 Å². The maximum atomic E-state index is 11.8. The first-order valence-corrected chi connectivity index (χ1v) is 5.17. The number of hydrogen-bond donors (Lipinski definition) is 0. The largest absolute Gasteiger partial charge is 0.298 e. The van der Waals surface area contributed by atoms with Crippen molar-refractivity contribution >= 4 is 21.7 Å². The summed E-state index contributed by atoms with van der Waals surface area (Å²) in [5, 5.41) is 0. The molecule has 1 atom stereocenters. The predicted molar refractivity (Wildman–Crippen MR) is 56.6 cm³/mol. The molecule has 0 N–H and O–H groups in total. The first kappa shape index (κ1) is 12.2. The Morgan fingerprint density at radius 1 is 1.08 bits per heavy atom. The Labute approximate surface area is 84.1 Å². The molecule has 0 bridgehead atoms. The molecule has 1 unspecified atom stereocenters. The second-order valence-electron chi connectivity index (χ2n) is 5.34. The number of alkyl halides is 1. The summed E-state index contributed by atoms with van der Waals surface area (Å²) < 4.78 is 0. The van der Waals surface area contributed by atoms with Gasteiger partial charge in [0.05, 0.1) is 4.83 Å². The average Bonchev–Trinajstić information content (AvgIpc) is 1.80. The van der Waals surface area contributed by atoms with Gasteiger partial charge in [0.25, 0.3) is 0 Å². The Morgan fingerprint density at radius 2 is 1.42 bits per heavy atom. The van der Waals surface area contributed by atoms with Gasteiger partial charge in [-0.3, -0.25) is 4.79 Å². The Balaban J connectivity index is 4.53. The molecule has 0 heterocycles. The topological polar surface area (TPSA) is 17.1 Å². The molecule has 72 valence electrons. The van der Waals surface area contributed by atoms with Crippen molar-refractivity contribution in [2.24, 2.45) is 10.8 Å². The number of halogens is 1. The van der Waals surface area contributed by atoms with E-state index in [0.717, 1.165) is 0 Å². The first-order chi connectivity index (χ1) is 5.07. The van der Waals surface area contributed by atoms with Crippen LogP contribution in [0.5, 0.6) is 0 Å². The van der Waals surface area contributed by atoms with Crippen LogP contribution < -0.4 is 0 Å². The standard InChI is InChI=1S/C10H19BrO/c1-9(2,3)7(11)8(12)10(4,5)6/h7H,1-6H3. The van der Waals surface area contributed by atoms with Crippen molar-refractivity contribution in [3.05, 3.63) is 0 Å². The highest BCUT2D eigenvalue weighted by Crippen LogP contribution is 2.32. The molecule has 0 aromatic carbocycles. The van der Waals surface area contributed by atoms with E-state index in [2.05, 4.69) is 36.7 Å². The summed E-state index contributed by atoms with van der Waals surface area (Å²) in [4.78, 5) is 11.7. The second-order valence-corrected chi connectivity index (χ2v) is 6.26. The molecular formula is C10H19BrO. The molecule has 0 aliphatic rings. The van der Waals surface area contributed by atoms with Crippen LogP contribution in [0.25, 0.3) is 0 Å². The molecule has 0 aliphatic carbocycles. The molecular weight excluding hydrogens is 216 g/mol. The van der Waals surface area contributed by atoms with E-state index in [9.17, 15) is 4.79 Å². The summed E-state index contributed by atoms with van der Waals surface area (Å²) in [5.41, 5.74) is -0.244. The molecule has 0 aliphatic heterocycles. The Hall–Kier alpha value is 0.150. The molecule has 1 nitrogen and oxygen atoms in total. The minimum absolute atomic E-state index is 0.00433. The van der Waals surface area contributed by atoms with Crippen molar-refractivity contribution in [1.82, 2.24) is 0 Å². The van der Waals surface area contributed by atoms with E-state index in [1.807, 2.05) is 20.8 Å². The van der Waals surface area contributed by atoms with Gasteiger partial charge in [-0.15, -0.1) is 0 Å². The summed E-state index contributed by atoms with van der Waals surface area (Å²) in [6, 6.07) is 0. The number of carbonyl (C=O) groups is 1. The minimum Gasteiger partial charge on any atom is -0.298 e. The van der Waals surface area contributed by atoms with Gasteiger partial charge in [0.1, 0.15) is 0 Å². The van der Waals surface area contributed by atoms with E-state index in [1.54, 1.807) is 0 Å². The normalized spacial score (nSPS) is 15.9. The van der Waals surface area contributed by atoms with Gasteiger partial charge in [0.15, 0.2) is 5.78 Å². The lowest BCUT2D eigenvalue weighted by atomic mass is 9.80. The fraction of sp³-hybridized carbons (Fsp3) is 0.900. The number of ketones is 1. The van der Waals surface area contributed by atoms with Crippen LogP contribution in [-0.2, 0) is 4.79 Å². The van der Waals surface area contributed by atoms with E-state index in [0.29, 0.717) is 0 Å². The smallest absolute Gasteiger partial charge is 0.152 e. The number of Topliss-reactive ketones (excluding diaryl/α,β-unsaturated/α-hetero) is 1. The quantitative estimate of drug-likeness (QED) is 0.636. The average molecular weight is 235 g/mol. The van der Waals surface area contributed by atoms with Crippen molar-refractivity contribution in [2.45, 2.75) is 46.4 Å². The lowest BCUT2D eigenvalue weighted by molar-refractivity contribution is -0.127. The van der Waals surface area contributed by atoms with Crippen LogP contribution in [0.1, 0.15) is 41.5 Å². The molecule has 0 radical (unpaired) electrons. The molecule has 12 heavy (non-hydrogen) atoms. The Bertz CT molecular complexity index is 171. The van der Waals surface area contributed by atoms with Crippen LogP contribution >= 0.6 is 15.9 Å². The molecule has 0 spiro atoms. The van der Waals surface area contributed by atoms with Gasteiger partial charge < -0.3 is 0 Å². The van der Waals surface area contributed by atoms with Crippen LogP contribution in [0.3, 0.4) is 0 Å². The summed E-state index contributed by atoms with van der Waals surface area (Å²) in [5.74, 6) is 0.273. The van der Waals surface area contributed by atoms with Gasteiger partial charge in [-0.25, -0.2) is 0 Å². The third-order valence-corrected chi connectivity index (χ3v) is 3.52. The van der Waals surface area contributed by atoms with Gasteiger partial charge in [-0.2, -0.15) is 0 Å². The molecule has 0 saturated heterocycles. The lowest BCUT2D eigenvalue weighted by Crippen LogP contribution is -2.36.